The number of benzene rings is 3. The SMILES string of the molecule is CCCCCCCCCCCCOc1cc(C(=O)Oc2ccc(OC(=O)c3cc(N)cc(N)c3)cc2)cc(OCCCCCCCCCCCC)c1OCCCCCCCCCCCC. The van der Waals surface area contributed by atoms with Crippen LogP contribution in [0.4, 0.5) is 11.4 Å². The Balaban J connectivity index is 1.70. The smallest absolute Gasteiger partial charge is 0.343 e. The highest BCUT2D eigenvalue weighted by Crippen LogP contribution is 2.40. The van der Waals surface area contributed by atoms with E-state index in [4.69, 9.17) is 35.2 Å². The van der Waals surface area contributed by atoms with Gasteiger partial charge in [0.2, 0.25) is 5.75 Å². The second-order valence-electron chi connectivity index (χ2n) is 18.0. The molecule has 0 unspecified atom stereocenters. The van der Waals surface area contributed by atoms with Gasteiger partial charge in [-0.15, -0.1) is 0 Å². The molecule has 0 spiro atoms. The van der Waals surface area contributed by atoms with E-state index in [0.717, 1.165) is 38.5 Å². The summed E-state index contributed by atoms with van der Waals surface area (Å²) in [4.78, 5) is 26.6. The van der Waals surface area contributed by atoms with Crippen molar-refractivity contribution in [3.63, 3.8) is 0 Å². The zero-order valence-corrected chi connectivity index (χ0v) is 41.0. The van der Waals surface area contributed by atoms with Gasteiger partial charge in [0.05, 0.1) is 30.9 Å². The van der Waals surface area contributed by atoms with Gasteiger partial charge in [0, 0.05) is 11.4 Å². The number of carbonyl (C=O) groups is 2. The molecule has 0 saturated carbocycles. The monoisotopic (exact) mass is 901 g/mol. The van der Waals surface area contributed by atoms with Gasteiger partial charge in [-0.3, -0.25) is 0 Å². The van der Waals surface area contributed by atoms with Crippen LogP contribution in [-0.4, -0.2) is 31.8 Å². The maximum Gasteiger partial charge on any atom is 0.343 e. The van der Waals surface area contributed by atoms with Gasteiger partial charge in [-0.05, 0) is 73.9 Å². The quantitative estimate of drug-likeness (QED) is 0.0248. The summed E-state index contributed by atoms with van der Waals surface area (Å²) in [6.45, 7) is 8.37. The standard InChI is InChI=1S/C56H88N2O7/c1-4-7-10-13-16-19-22-25-28-31-38-61-52-43-47(56(60)65-51-36-34-50(35-37-51)64-55(59)46-41-48(57)45-49(58)42-46)44-53(62-39-32-29-26-23-20-17-14-11-8-5-2)54(52)63-40-33-30-27-24-21-18-15-12-9-6-3/h34-37,41-45H,4-33,38-40,57-58H2,1-3H3. The molecule has 9 heteroatoms. The van der Waals surface area contributed by atoms with Gasteiger partial charge in [-0.25, -0.2) is 9.59 Å². The summed E-state index contributed by atoms with van der Waals surface area (Å²) < 4.78 is 30.9. The molecule has 0 radical (unpaired) electrons. The third-order valence-electron chi connectivity index (χ3n) is 12.0. The molecule has 0 aromatic heterocycles. The Bertz CT molecular complexity index is 1630. The van der Waals surface area contributed by atoms with E-state index in [9.17, 15) is 9.59 Å². The molecule has 364 valence electrons. The van der Waals surface area contributed by atoms with E-state index in [2.05, 4.69) is 20.8 Å². The molecule has 4 N–H and O–H groups in total. The Kier molecular flexibility index (Phi) is 30.3. The van der Waals surface area contributed by atoms with E-state index in [1.807, 2.05) is 0 Å². The second kappa shape index (κ2) is 35.8. The summed E-state index contributed by atoms with van der Waals surface area (Å²) in [6, 6.07) is 14.4. The van der Waals surface area contributed by atoms with Crippen LogP contribution in [-0.2, 0) is 0 Å². The topological polar surface area (TPSA) is 132 Å². The van der Waals surface area contributed by atoms with Gasteiger partial charge in [-0.1, -0.05) is 194 Å². The van der Waals surface area contributed by atoms with E-state index in [1.165, 1.54) is 166 Å². The molecular weight excluding hydrogens is 813 g/mol. The number of unbranched alkanes of at least 4 members (excludes halogenated alkanes) is 27. The van der Waals surface area contributed by atoms with Crippen LogP contribution in [0.25, 0.3) is 0 Å². The summed E-state index contributed by atoms with van der Waals surface area (Å²) in [7, 11) is 0. The molecule has 3 aromatic carbocycles. The van der Waals surface area contributed by atoms with E-state index in [-0.39, 0.29) is 11.3 Å². The van der Waals surface area contributed by atoms with Gasteiger partial charge in [0.15, 0.2) is 11.5 Å². The van der Waals surface area contributed by atoms with Crippen molar-refractivity contribution in [2.45, 2.75) is 213 Å². The number of carbonyl (C=O) groups excluding carboxylic acids is 2. The van der Waals surface area contributed by atoms with Crippen molar-refractivity contribution in [2.24, 2.45) is 0 Å². The van der Waals surface area contributed by atoms with Crippen molar-refractivity contribution in [3.8, 4) is 28.7 Å². The van der Waals surface area contributed by atoms with Crippen LogP contribution in [0.5, 0.6) is 28.7 Å². The number of ether oxygens (including phenoxy) is 5. The van der Waals surface area contributed by atoms with Crippen LogP contribution in [0.2, 0.25) is 0 Å². The molecule has 0 fully saturated rings. The first-order valence-corrected chi connectivity index (χ1v) is 26.1. The van der Waals surface area contributed by atoms with Crippen molar-refractivity contribution in [1.29, 1.82) is 0 Å². The Morgan fingerprint density at radius 3 is 0.969 bits per heavy atom. The van der Waals surface area contributed by atoms with Crippen molar-refractivity contribution in [1.82, 2.24) is 0 Å². The molecule has 0 heterocycles. The first-order valence-electron chi connectivity index (χ1n) is 26.1. The first-order chi connectivity index (χ1) is 31.8. The van der Waals surface area contributed by atoms with E-state index < -0.39 is 11.9 Å². The number of hydrogen-bond donors (Lipinski definition) is 2. The highest BCUT2D eigenvalue weighted by atomic mass is 16.6. The minimum Gasteiger partial charge on any atom is -0.490 e. The molecular formula is C56H88N2O7. The fourth-order valence-corrected chi connectivity index (χ4v) is 8.06. The lowest BCUT2D eigenvalue weighted by Gasteiger charge is -2.19. The summed E-state index contributed by atoms with van der Waals surface area (Å²) in [5.74, 6) is 0.994. The number of nitrogens with two attached hydrogens (primary N) is 2. The predicted octanol–water partition coefficient (Wildman–Crippen LogP) is 16.2. The largest absolute Gasteiger partial charge is 0.490 e. The molecule has 0 bridgehead atoms. The number of hydrogen-bond acceptors (Lipinski definition) is 9. The van der Waals surface area contributed by atoms with Crippen molar-refractivity contribution in [2.75, 3.05) is 31.3 Å². The number of rotatable bonds is 40. The Morgan fingerprint density at radius 1 is 0.369 bits per heavy atom. The zero-order valence-electron chi connectivity index (χ0n) is 41.0. The molecule has 0 aliphatic rings. The lowest BCUT2D eigenvalue weighted by Crippen LogP contribution is -2.12. The lowest BCUT2D eigenvalue weighted by atomic mass is 10.1. The maximum atomic E-state index is 13.8. The van der Waals surface area contributed by atoms with Gasteiger partial charge >= 0.3 is 11.9 Å². The lowest BCUT2D eigenvalue weighted by molar-refractivity contribution is 0.0719. The second-order valence-corrected chi connectivity index (χ2v) is 18.0. The van der Waals surface area contributed by atoms with Crippen molar-refractivity contribution in [3.05, 3.63) is 65.7 Å². The van der Waals surface area contributed by atoms with Gasteiger partial charge in [-0.2, -0.15) is 0 Å². The van der Waals surface area contributed by atoms with Crippen molar-refractivity contribution < 1.29 is 33.3 Å². The highest BCUT2D eigenvalue weighted by molar-refractivity contribution is 5.94. The van der Waals surface area contributed by atoms with E-state index in [1.54, 1.807) is 42.5 Å². The number of esters is 2. The van der Waals surface area contributed by atoms with Crippen LogP contribution in [0.3, 0.4) is 0 Å². The molecule has 0 atom stereocenters. The van der Waals surface area contributed by atoms with Crippen LogP contribution in [0.1, 0.15) is 234 Å². The zero-order chi connectivity index (χ0) is 46.6. The van der Waals surface area contributed by atoms with Crippen molar-refractivity contribution >= 4 is 23.3 Å². The average Bonchev–Trinajstić information content (AvgIpc) is 3.29. The molecule has 0 aliphatic heterocycles. The number of nitrogen functional groups attached to an aromatic ring is 2. The summed E-state index contributed by atoms with van der Waals surface area (Å²) in [5, 5.41) is 0. The summed E-state index contributed by atoms with van der Waals surface area (Å²) in [5.41, 5.74) is 13.0. The third kappa shape index (κ3) is 25.2. The molecule has 3 rings (SSSR count). The Labute approximate surface area is 394 Å². The minimum absolute atomic E-state index is 0.242. The van der Waals surface area contributed by atoms with Crippen LogP contribution < -0.4 is 35.2 Å². The summed E-state index contributed by atoms with van der Waals surface area (Å²) in [6.07, 6.45) is 37.1. The fourth-order valence-electron chi connectivity index (χ4n) is 8.06. The first kappa shape index (κ1) is 54.9. The third-order valence-corrected chi connectivity index (χ3v) is 12.0. The summed E-state index contributed by atoms with van der Waals surface area (Å²) >= 11 is 0. The predicted molar refractivity (Wildman–Crippen MR) is 270 cm³/mol. The Morgan fingerprint density at radius 2 is 0.646 bits per heavy atom. The van der Waals surface area contributed by atoms with Gasteiger partial charge < -0.3 is 35.2 Å². The van der Waals surface area contributed by atoms with Crippen LogP contribution in [0, 0.1) is 0 Å². The maximum absolute atomic E-state index is 13.8. The minimum atomic E-state index is -0.597. The van der Waals surface area contributed by atoms with E-state index >= 15 is 0 Å². The average molecular weight is 901 g/mol. The molecule has 65 heavy (non-hydrogen) atoms. The molecule has 3 aromatic rings. The van der Waals surface area contributed by atoms with Crippen LogP contribution >= 0.6 is 0 Å². The van der Waals surface area contributed by atoms with E-state index in [0.29, 0.717) is 59.8 Å². The van der Waals surface area contributed by atoms with Gasteiger partial charge in [0.25, 0.3) is 0 Å². The normalized spacial score (nSPS) is 11.1. The Hall–Kier alpha value is -4.40. The number of anilines is 2. The fraction of sp³-hybridized carbons (Fsp3) is 0.643. The molecule has 9 nitrogen and oxygen atoms in total. The van der Waals surface area contributed by atoms with Gasteiger partial charge in [0.1, 0.15) is 11.5 Å². The molecule has 0 amide bonds. The highest BCUT2D eigenvalue weighted by Gasteiger charge is 2.21. The molecule has 0 saturated heterocycles. The molecule has 0 aliphatic carbocycles. The van der Waals surface area contributed by atoms with Crippen LogP contribution in [0.15, 0.2) is 54.6 Å².